The van der Waals surface area contributed by atoms with E-state index in [1.165, 1.54) is 18.2 Å². The summed E-state index contributed by atoms with van der Waals surface area (Å²) in [6.45, 7) is 1.62. The van der Waals surface area contributed by atoms with Gasteiger partial charge in [0.25, 0.3) is 0 Å². The Kier molecular flexibility index (Phi) is 4.18. The first kappa shape index (κ1) is 14.1. The fourth-order valence-corrected chi connectivity index (χ4v) is 3.61. The van der Waals surface area contributed by atoms with Gasteiger partial charge in [-0.05, 0) is 38.2 Å². The van der Waals surface area contributed by atoms with E-state index in [2.05, 4.69) is 9.62 Å². The zero-order valence-electron chi connectivity index (χ0n) is 9.86. The summed E-state index contributed by atoms with van der Waals surface area (Å²) < 4.78 is 26.9. The van der Waals surface area contributed by atoms with Gasteiger partial charge in [-0.1, -0.05) is 23.2 Å². The van der Waals surface area contributed by atoms with Gasteiger partial charge in [0.1, 0.15) is 0 Å². The van der Waals surface area contributed by atoms with Crippen molar-refractivity contribution in [2.45, 2.75) is 17.4 Å². The second kappa shape index (κ2) is 5.35. The molecule has 0 aliphatic carbocycles. The number of halogens is 2. The molecule has 1 unspecified atom stereocenters. The Hall–Kier alpha value is -0.330. The van der Waals surface area contributed by atoms with Crippen molar-refractivity contribution < 1.29 is 8.42 Å². The van der Waals surface area contributed by atoms with Crippen LogP contribution in [-0.2, 0) is 10.0 Å². The van der Waals surface area contributed by atoms with Gasteiger partial charge in [-0.15, -0.1) is 0 Å². The minimum atomic E-state index is -3.53. The number of likely N-dealkylation sites (N-methyl/N-ethyl adjacent to an activating group) is 1. The Balaban J connectivity index is 2.17. The third-order valence-corrected chi connectivity index (χ3v) is 5.17. The number of hydrogen-bond donors (Lipinski definition) is 1. The Morgan fingerprint density at radius 3 is 2.61 bits per heavy atom. The predicted octanol–water partition coefficient (Wildman–Crippen LogP) is 1.98. The average molecular weight is 309 g/mol. The zero-order chi connectivity index (χ0) is 13.3. The molecule has 0 radical (unpaired) electrons. The van der Waals surface area contributed by atoms with Gasteiger partial charge in [-0.25, -0.2) is 13.1 Å². The van der Waals surface area contributed by atoms with Gasteiger partial charge in [0.15, 0.2) is 0 Å². The molecule has 1 N–H and O–H groups in total. The number of rotatable bonds is 3. The molecule has 1 aliphatic rings. The maximum Gasteiger partial charge on any atom is 0.240 e. The van der Waals surface area contributed by atoms with Crippen LogP contribution in [0.4, 0.5) is 0 Å². The van der Waals surface area contributed by atoms with Crippen LogP contribution in [0.25, 0.3) is 0 Å². The van der Waals surface area contributed by atoms with E-state index in [1.54, 1.807) is 0 Å². The molecule has 0 aromatic heterocycles. The highest BCUT2D eigenvalue weighted by Gasteiger charge is 2.25. The Bertz CT molecular complexity index is 548. The van der Waals surface area contributed by atoms with E-state index in [4.69, 9.17) is 23.2 Å². The van der Waals surface area contributed by atoms with Crippen LogP contribution in [-0.4, -0.2) is 39.5 Å². The summed E-state index contributed by atoms with van der Waals surface area (Å²) in [7, 11) is -1.56. The minimum Gasteiger partial charge on any atom is -0.305 e. The number of likely N-dealkylation sites (tertiary alicyclic amines) is 1. The van der Waals surface area contributed by atoms with Crippen molar-refractivity contribution in [1.82, 2.24) is 9.62 Å². The van der Waals surface area contributed by atoms with Gasteiger partial charge >= 0.3 is 0 Å². The highest BCUT2D eigenvalue weighted by atomic mass is 35.5. The first-order valence-corrected chi connectivity index (χ1v) is 7.78. The number of nitrogens with one attached hydrogen (secondary N) is 1. The molecule has 1 aromatic rings. The van der Waals surface area contributed by atoms with E-state index < -0.39 is 10.0 Å². The summed E-state index contributed by atoms with van der Waals surface area (Å²) in [5, 5.41) is 0.583. The Morgan fingerprint density at radius 1 is 1.33 bits per heavy atom. The standard InChI is InChI=1S/C11H14Cl2N2O2S/c1-15-5-4-8(7-15)14-18(16,17)9-2-3-10(12)11(13)6-9/h2-3,6,8,14H,4-5,7H2,1H3. The summed E-state index contributed by atoms with van der Waals surface area (Å²) in [5.74, 6) is 0. The molecular weight excluding hydrogens is 295 g/mol. The quantitative estimate of drug-likeness (QED) is 0.929. The second-order valence-electron chi connectivity index (χ2n) is 4.45. The van der Waals surface area contributed by atoms with Crippen molar-refractivity contribution in [3.8, 4) is 0 Å². The lowest BCUT2D eigenvalue weighted by Gasteiger charge is -2.13. The van der Waals surface area contributed by atoms with Gasteiger partial charge in [-0.2, -0.15) is 0 Å². The molecule has 1 heterocycles. The molecule has 1 aliphatic heterocycles. The van der Waals surface area contributed by atoms with E-state index in [0.29, 0.717) is 5.02 Å². The van der Waals surface area contributed by atoms with E-state index in [9.17, 15) is 8.42 Å². The van der Waals surface area contributed by atoms with Crippen molar-refractivity contribution >= 4 is 33.2 Å². The van der Waals surface area contributed by atoms with E-state index in [0.717, 1.165) is 19.5 Å². The summed E-state index contributed by atoms with van der Waals surface area (Å²) in [4.78, 5) is 2.23. The van der Waals surface area contributed by atoms with Crippen LogP contribution in [0.1, 0.15) is 6.42 Å². The van der Waals surface area contributed by atoms with Crippen LogP contribution in [0, 0.1) is 0 Å². The van der Waals surface area contributed by atoms with E-state index >= 15 is 0 Å². The molecule has 0 bridgehead atoms. The number of hydrogen-bond acceptors (Lipinski definition) is 3. The summed E-state index contributed by atoms with van der Waals surface area (Å²) in [6, 6.07) is 4.26. The highest BCUT2D eigenvalue weighted by molar-refractivity contribution is 7.89. The normalized spacial score (nSPS) is 21.4. The summed E-state index contributed by atoms with van der Waals surface area (Å²) in [5.41, 5.74) is 0. The molecular formula is C11H14Cl2N2O2S. The fourth-order valence-electron chi connectivity index (χ4n) is 1.96. The molecule has 1 aromatic carbocycles. The Labute approximate surface area is 117 Å². The second-order valence-corrected chi connectivity index (χ2v) is 6.97. The van der Waals surface area contributed by atoms with Crippen LogP contribution >= 0.6 is 23.2 Å². The highest BCUT2D eigenvalue weighted by Crippen LogP contribution is 2.25. The molecule has 0 amide bonds. The van der Waals surface area contributed by atoms with Gasteiger partial charge in [0, 0.05) is 12.6 Å². The summed E-state index contributed by atoms with van der Waals surface area (Å²) in [6.07, 6.45) is 0.817. The van der Waals surface area contributed by atoms with Crippen molar-refractivity contribution in [3.05, 3.63) is 28.2 Å². The smallest absolute Gasteiger partial charge is 0.240 e. The molecule has 7 heteroatoms. The Morgan fingerprint density at radius 2 is 2.06 bits per heavy atom. The topological polar surface area (TPSA) is 49.4 Å². The van der Waals surface area contributed by atoms with Crippen molar-refractivity contribution in [1.29, 1.82) is 0 Å². The van der Waals surface area contributed by atoms with Crippen LogP contribution < -0.4 is 4.72 Å². The number of sulfonamides is 1. The van der Waals surface area contributed by atoms with Crippen LogP contribution in [0.3, 0.4) is 0 Å². The SMILES string of the molecule is CN1CCC(NS(=O)(=O)c2ccc(Cl)c(Cl)c2)C1. The van der Waals surface area contributed by atoms with Gasteiger partial charge in [-0.3, -0.25) is 0 Å². The van der Waals surface area contributed by atoms with Crippen LogP contribution in [0.2, 0.25) is 10.0 Å². The molecule has 2 rings (SSSR count). The maximum atomic E-state index is 12.1. The lowest BCUT2D eigenvalue weighted by Crippen LogP contribution is -2.36. The number of benzene rings is 1. The van der Waals surface area contributed by atoms with Crippen molar-refractivity contribution in [2.24, 2.45) is 0 Å². The zero-order valence-corrected chi connectivity index (χ0v) is 12.2. The first-order valence-electron chi connectivity index (χ1n) is 5.54. The van der Waals surface area contributed by atoms with Crippen LogP contribution in [0.15, 0.2) is 23.1 Å². The molecule has 100 valence electrons. The van der Waals surface area contributed by atoms with Crippen molar-refractivity contribution in [3.63, 3.8) is 0 Å². The summed E-state index contributed by atoms with van der Waals surface area (Å²) >= 11 is 11.6. The molecule has 0 spiro atoms. The molecule has 4 nitrogen and oxygen atoms in total. The maximum absolute atomic E-state index is 12.1. The lowest BCUT2D eigenvalue weighted by atomic mass is 10.3. The molecule has 18 heavy (non-hydrogen) atoms. The third kappa shape index (κ3) is 3.16. The molecule has 1 saturated heterocycles. The van der Waals surface area contributed by atoms with Gasteiger partial charge in [0.2, 0.25) is 10.0 Å². The van der Waals surface area contributed by atoms with Gasteiger partial charge < -0.3 is 4.90 Å². The monoisotopic (exact) mass is 308 g/mol. The van der Waals surface area contributed by atoms with E-state index in [-0.39, 0.29) is 16.0 Å². The predicted molar refractivity (Wildman–Crippen MR) is 72.7 cm³/mol. The largest absolute Gasteiger partial charge is 0.305 e. The molecule has 1 atom stereocenters. The molecule has 1 fully saturated rings. The number of nitrogens with zero attached hydrogens (tertiary/aromatic N) is 1. The average Bonchev–Trinajstić information content (AvgIpc) is 2.67. The molecule has 0 saturated carbocycles. The lowest BCUT2D eigenvalue weighted by molar-refractivity contribution is 0.407. The van der Waals surface area contributed by atoms with E-state index in [1.807, 2.05) is 7.05 Å². The van der Waals surface area contributed by atoms with Crippen molar-refractivity contribution in [2.75, 3.05) is 20.1 Å². The first-order chi connectivity index (χ1) is 8.38. The third-order valence-electron chi connectivity index (χ3n) is 2.91. The minimum absolute atomic E-state index is 0.0468. The fraction of sp³-hybridized carbons (Fsp3) is 0.455. The van der Waals surface area contributed by atoms with Gasteiger partial charge in [0.05, 0.1) is 14.9 Å². The van der Waals surface area contributed by atoms with Crippen LogP contribution in [0.5, 0.6) is 0 Å².